The molecule has 2 N–H and O–H groups in total. The molecule has 0 bridgehead atoms. The summed E-state index contributed by atoms with van der Waals surface area (Å²) in [5, 5.41) is 4.05. The number of hydrogen-bond acceptors (Lipinski definition) is 2. The molecule has 0 spiro atoms. The maximum atomic E-state index is 12.9. The smallest absolute Gasteiger partial charge is 0.146 e. The number of nitrogens with two attached hydrogens (primary N) is 1. The van der Waals surface area contributed by atoms with Gasteiger partial charge in [0.05, 0.1) is 22.0 Å². The molecule has 0 aliphatic rings. The van der Waals surface area contributed by atoms with E-state index in [0.29, 0.717) is 0 Å². The van der Waals surface area contributed by atoms with Crippen LogP contribution in [0, 0.1) is 5.82 Å². The molecule has 1 aromatic heterocycles. The average Bonchev–Trinajstić information content (AvgIpc) is 2.57. The Balaban J connectivity index is 2.47. The number of rotatable bonds is 1. The zero-order valence-corrected chi connectivity index (χ0v) is 8.70. The highest BCUT2D eigenvalue weighted by Gasteiger charge is 2.02. The molecule has 0 aliphatic heterocycles. The van der Waals surface area contributed by atoms with Gasteiger partial charge in [0.2, 0.25) is 0 Å². The minimum atomic E-state index is -0.417. The number of halogens is 2. The van der Waals surface area contributed by atoms with E-state index in [1.54, 1.807) is 23.1 Å². The maximum Gasteiger partial charge on any atom is 0.146 e. The van der Waals surface area contributed by atoms with Crippen molar-refractivity contribution in [3.05, 3.63) is 40.9 Å². The zero-order chi connectivity index (χ0) is 10.1. The SMILES string of the molecule is Nc1cc(-n2cc(Br)cn2)ccc1F. The van der Waals surface area contributed by atoms with Gasteiger partial charge in [-0.2, -0.15) is 5.10 Å². The standard InChI is InChI=1S/C9H7BrFN3/c10-6-4-13-14(5-6)7-1-2-8(11)9(12)3-7/h1-5H,12H2. The maximum absolute atomic E-state index is 12.9. The van der Waals surface area contributed by atoms with Crippen molar-refractivity contribution in [3.8, 4) is 5.69 Å². The van der Waals surface area contributed by atoms with E-state index in [-0.39, 0.29) is 5.69 Å². The summed E-state index contributed by atoms with van der Waals surface area (Å²) in [6.07, 6.45) is 3.42. The van der Waals surface area contributed by atoms with Crippen molar-refractivity contribution < 1.29 is 4.39 Å². The van der Waals surface area contributed by atoms with E-state index < -0.39 is 5.82 Å². The summed E-state index contributed by atoms with van der Waals surface area (Å²) in [5.41, 5.74) is 6.29. The normalized spacial score (nSPS) is 10.4. The summed E-state index contributed by atoms with van der Waals surface area (Å²) in [7, 11) is 0. The van der Waals surface area contributed by atoms with E-state index in [1.165, 1.54) is 12.1 Å². The van der Waals surface area contributed by atoms with Crippen LogP contribution in [0.4, 0.5) is 10.1 Å². The second-order valence-electron chi connectivity index (χ2n) is 2.81. The van der Waals surface area contributed by atoms with Crippen LogP contribution in [0.25, 0.3) is 5.69 Å². The Morgan fingerprint density at radius 2 is 2.21 bits per heavy atom. The molecule has 0 aliphatic carbocycles. The first kappa shape index (κ1) is 9.21. The van der Waals surface area contributed by atoms with Gasteiger partial charge in [0.1, 0.15) is 5.82 Å². The van der Waals surface area contributed by atoms with Crippen molar-refractivity contribution in [2.75, 3.05) is 5.73 Å². The lowest BCUT2D eigenvalue weighted by Crippen LogP contribution is -1.97. The van der Waals surface area contributed by atoms with Gasteiger partial charge in [0.15, 0.2) is 0 Å². The lowest BCUT2D eigenvalue weighted by atomic mass is 10.3. The number of hydrogen-bond donors (Lipinski definition) is 1. The van der Waals surface area contributed by atoms with Crippen molar-refractivity contribution in [2.24, 2.45) is 0 Å². The Morgan fingerprint density at radius 3 is 2.79 bits per heavy atom. The molecular formula is C9H7BrFN3. The number of nitrogens with zero attached hydrogens (tertiary/aromatic N) is 2. The highest BCUT2D eigenvalue weighted by atomic mass is 79.9. The van der Waals surface area contributed by atoms with Gasteiger partial charge < -0.3 is 5.73 Å². The minimum absolute atomic E-state index is 0.120. The first-order valence-corrected chi connectivity index (χ1v) is 4.72. The first-order chi connectivity index (χ1) is 6.66. The van der Waals surface area contributed by atoms with Gasteiger partial charge in [-0.1, -0.05) is 0 Å². The second kappa shape index (κ2) is 3.42. The largest absolute Gasteiger partial charge is 0.396 e. The van der Waals surface area contributed by atoms with E-state index in [0.717, 1.165) is 10.2 Å². The quantitative estimate of drug-likeness (QED) is 0.796. The van der Waals surface area contributed by atoms with Crippen molar-refractivity contribution in [3.63, 3.8) is 0 Å². The number of nitrogen functional groups attached to an aromatic ring is 1. The molecule has 5 heteroatoms. The third kappa shape index (κ3) is 1.63. The van der Waals surface area contributed by atoms with Crippen LogP contribution in [-0.2, 0) is 0 Å². The predicted molar refractivity (Wildman–Crippen MR) is 55.6 cm³/mol. The molecule has 2 aromatic rings. The summed E-state index contributed by atoms with van der Waals surface area (Å²) in [5.74, 6) is -0.417. The molecule has 0 radical (unpaired) electrons. The molecule has 2 rings (SSSR count). The molecule has 0 saturated carbocycles. The molecule has 0 unspecified atom stereocenters. The summed E-state index contributed by atoms with van der Waals surface area (Å²) < 4.78 is 15.3. The van der Waals surface area contributed by atoms with Crippen LogP contribution < -0.4 is 5.73 Å². The molecular weight excluding hydrogens is 249 g/mol. The van der Waals surface area contributed by atoms with Crippen LogP contribution in [0.2, 0.25) is 0 Å². The molecule has 14 heavy (non-hydrogen) atoms. The molecule has 72 valence electrons. The molecule has 0 atom stereocenters. The third-order valence-corrected chi connectivity index (χ3v) is 2.20. The second-order valence-corrected chi connectivity index (χ2v) is 3.72. The Labute approximate surface area is 88.5 Å². The van der Waals surface area contributed by atoms with Gasteiger partial charge in [-0.25, -0.2) is 9.07 Å². The van der Waals surface area contributed by atoms with Gasteiger partial charge in [0.25, 0.3) is 0 Å². The lowest BCUT2D eigenvalue weighted by molar-refractivity contribution is 0.631. The van der Waals surface area contributed by atoms with E-state index in [9.17, 15) is 4.39 Å². The Kier molecular flexibility index (Phi) is 2.25. The van der Waals surface area contributed by atoms with Crippen LogP contribution in [0.5, 0.6) is 0 Å². The Bertz CT molecular complexity index is 467. The topological polar surface area (TPSA) is 43.8 Å². The Hall–Kier alpha value is -1.36. The minimum Gasteiger partial charge on any atom is -0.396 e. The molecule has 0 amide bonds. The van der Waals surface area contributed by atoms with Crippen molar-refractivity contribution >= 4 is 21.6 Å². The molecule has 0 fully saturated rings. The zero-order valence-electron chi connectivity index (χ0n) is 7.11. The predicted octanol–water partition coefficient (Wildman–Crippen LogP) is 2.36. The van der Waals surface area contributed by atoms with Crippen LogP contribution in [0.3, 0.4) is 0 Å². The van der Waals surface area contributed by atoms with Crippen LogP contribution in [-0.4, -0.2) is 9.78 Å². The molecule has 0 saturated heterocycles. The highest BCUT2D eigenvalue weighted by molar-refractivity contribution is 9.10. The van der Waals surface area contributed by atoms with Crippen LogP contribution >= 0.6 is 15.9 Å². The fourth-order valence-electron chi connectivity index (χ4n) is 1.12. The van der Waals surface area contributed by atoms with E-state index in [1.807, 2.05) is 0 Å². The number of anilines is 1. The lowest BCUT2D eigenvalue weighted by Gasteiger charge is -2.02. The van der Waals surface area contributed by atoms with Crippen molar-refractivity contribution in [1.82, 2.24) is 9.78 Å². The van der Waals surface area contributed by atoms with Crippen molar-refractivity contribution in [1.29, 1.82) is 0 Å². The van der Waals surface area contributed by atoms with Gasteiger partial charge in [0, 0.05) is 6.20 Å². The molecule has 1 heterocycles. The van der Waals surface area contributed by atoms with E-state index in [2.05, 4.69) is 21.0 Å². The number of aromatic nitrogens is 2. The fourth-order valence-corrected chi connectivity index (χ4v) is 1.40. The average molecular weight is 256 g/mol. The monoisotopic (exact) mass is 255 g/mol. The molecule has 3 nitrogen and oxygen atoms in total. The summed E-state index contributed by atoms with van der Waals surface area (Å²) in [6.45, 7) is 0. The van der Waals surface area contributed by atoms with E-state index >= 15 is 0 Å². The summed E-state index contributed by atoms with van der Waals surface area (Å²) in [6, 6.07) is 4.47. The summed E-state index contributed by atoms with van der Waals surface area (Å²) in [4.78, 5) is 0. The van der Waals surface area contributed by atoms with Crippen molar-refractivity contribution in [2.45, 2.75) is 0 Å². The molecule has 1 aromatic carbocycles. The first-order valence-electron chi connectivity index (χ1n) is 3.92. The Morgan fingerprint density at radius 1 is 1.43 bits per heavy atom. The third-order valence-electron chi connectivity index (χ3n) is 1.80. The van der Waals surface area contributed by atoms with Gasteiger partial charge >= 0.3 is 0 Å². The highest BCUT2D eigenvalue weighted by Crippen LogP contribution is 2.17. The van der Waals surface area contributed by atoms with Crippen LogP contribution in [0.15, 0.2) is 35.1 Å². The van der Waals surface area contributed by atoms with Gasteiger partial charge in [-0.15, -0.1) is 0 Å². The van der Waals surface area contributed by atoms with Gasteiger partial charge in [-0.3, -0.25) is 0 Å². The van der Waals surface area contributed by atoms with Crippen LogP contribution in [0.1, 0.15) is 0 Å². The fraction of sp³-hybridized carbons (Fsp3) is 0. The van der Waals surface area contributed by atoms with E-state index in [4.69, 9.17) is 5.73 Å². The number of benzene rings is 1. The summed E-state index contributed by atoms with van der Waals surface area (Å²) >= 11 is 3.27. The van der Waals surface area contributed by atoms with Gasteiger partial charge in [-0.05, 0) is 34.1 Å².